The highest BCUT2D eigenvalue weighted by atomic mass is 32.2. The highest BCUT2D eigenvalue weighted by molar-refractivity contribution is 8.00. The molecule has 19 heavy (non-hydrogen) atoms. The van der Waals surface area contributed by atoms with Crippen LogP contribution >= 0.6 is 11.9 Å². The lowest BCUT2D eigenvalue weighted by atomic mass is 10.2. The highest BCUT2D eigenvalue weighted by Gasteiger charge is 2.02. The van der Waals surface area contributed by atoms with Crippen LogP contribution < -0.4 is 4.72 Å². The van der Waals surface area contributed by atoms with Gasteiger partial charge in [-0.05, 0) is 42.3 Å². The van der Waals surface area contributed by atoms with Crippen LogP contribution in [0.4, 0.5) is 10.1 Å². The van der Waals surface area contributed by atoms with Crippen LogP contribution in [-0.2, 0) is 0 Å². The second-order valence-electron chi connectivity index (χ2n) is 4.04. The SMILES string of the molecule is Fc1cccc(SNc2cccc3cccnc23)c1. The number of hydrogen-bond donors (Lipinski definition) is 1. The van der Waals surface area contributed by atoms with E-state index in [-0.39, 0.29) is 5.82 Å². The molecule has 0 atom stereocenters. The largest absolute Gasteiger partial charge is 0.324 e. The molecule has 0 saturated heterocycles. The van der Waals surface area contributed by atoms with Crippen molar-refractivity contribution in [2.24, 2.45) is 0 Å². The van der Waals surface area contributed by atoms with E-state index in [2.05, 4.69) is 9.71 Å². The number of anilines is 1. The Morgan fingerprint density at radius 3 is 2.74 bits per heavy atom. The maximum absolute atomic E-state index is 13.1. The first-order valence-electron chi connectivity index (χ1n) is 5.85. The third-order valence-corrected chi connectivity index (χ3v) is 3.52. The quantitative estimate of drug-likeness (QED) is 0.710. The van der Waals surface area contributed by atoms with E-state index in [0.29, 0.717) is 0 Å². The molecule has 0 radical (unpaired) electrons. The summed E-state index contributed by atoms with van der Waals surface area (Å²) in [6, 6.07) is 16.4. The van der Waals surface area contributed by atoms with Crippen molar-refractivity contribution in [3.63, 3.8) is 0 Å². The molecule has 0 saturated carbocycles. The number of para-hydroxylation sites is 1. The van der Waals surface area contributed by atoms with Gasteiger partial charge in [0.1, 0.15) is 5.82 Å². The van der Waals surface area contributed by atoms with Gasteiger partial charge in [-0.2, -0.15) is 0 Å². The average Bonchev–Trinajstić information content (AvgIpc) is 2.45. The van der Waals surface area contributed by atoms with E-state index in [4.69, 9.17) is 0 Å². The van der Waals surface area contributed by atoms with Gasteiger partial charge in [0.25, 0.3) is 0 Å². The minimum Gasteiger partial charge on any atom is -0.324 e. The van der Waals surface area contributed by atoms with Gasteiger partial charge in [-0.1, -0.05) is 24.3 Å². The molecule has 2 nitrogen and oxygen atoms in total. The van der Waals surface area contributed by atoms with Crippen LogP contribution in [0.1, 0.15) is 0 Å². The summed E-state index contributed by atoms with van der Waals surface area (Å²) in [6.45, 7) is 0. The van der Waals surface area contributed by atoms with E-state index in [1.54, 1.807) is 12.3 Å². The zero-order valence-corrected chi connectivity index (χ0v) is 10.8. The van der Waals surface area contributed by atoms with Crippen LogP contribution in [0.25, 0.3) is 10.9 Å². The van der Waals surface area contributed by atoms with Crippen LogP contribution in [-0.4, -0.2) is 4.98 Å². The summed E-state index contributed by atoms with van der Waals surface area (Å²) in [4.78, 5) is 5.19. The lowest BCUT2D eigenvalue weighted by molar-refractivity contribution is 0.624. The summed E-state index contributed by atoms with van der Waals surface area (Å²) in [7, 11) is 0. The molecule has 0 aliphatic rings. The summed E-state index contributed by atoms with van der Waals surface area (Å²) in [6.07, 6.45) is 1.76. The zero-order valence-electron chi connectivity index (χ0n) is 10.0. The van der Waals surface area contributed by atoms with E-state index in [0.717, 1.165) is 21.5 Å². The van der Waals surface area contributed by atoms with E-state index in [1.807, 2.05) is 36.4 Å². The van der Waals surface area contributed by atoms with Crippen molar-refractivity contribution in [1.29, 1.82) is 0 Å². The summed E-state index contributed by atoms with van der Waals surface area (Å²) in [5.41, 5.74) is 1.83. The summed E-state index contributed by atoms with van der Waals surface area (Å²) in [5.74, 6) is -0.233. The molecule has 0 spiro atoms. The first kappa shape index (κ1) is 12.0. The molecule has 0 bridgehead atoms. The second-order valence-corrected chi connectivity index (χ2v) is 4.92. The Morgan fingerprint density at radius 2 is 1.84 bits per heavy atom. The van der Waals surface area contributed by atoms with Crippen LogP contribution in [0.3, 0.4) is 0 Å². The minimum atomic E-state index is -0.233. The van der Waals surface area contributed by atoms with Gasteiger partial charge in [-0.15, -0.1) is 0 Å². The number of nitrogens with zero attached hydrogens (tertiary/aromatic N) is 1. The number of rotatable bonds is 3. The predicted octanol–water partition coefficient (Wildman–Crippen LogP) is 4.49. The van der Waals surface area contributed by atoms with Crippen LogP contribution in [0.5, 0.6) is 0 Å². The molecule has 2 aromatic carbocycles. The summed E-state index contributed by atoms with van der Waals surface area (Å²) >= 11 is 1.37. The molecule has 0 aliphatic heterocycles. The zero-order chi connectivity index (χ0) is 13.1. The average molecular weight is 270 g/mol. The van der Waals surface area contributed by atoms with Crippen molar-refractivity contribution in [1.82, 2.24) is 4.98 Å². The van der Waals surface area contributed by atoms with E-state index >= 15 is 0 Å². The monoisotopic (exact) mass is 270 g/mol. The Kier molecular flexibility index (Phi) is 3.33. The van der Waals surface area contributed by atoms with Gasteiger partial charge < -0.3 is 4.72 Å². The van der Waals surface area contributed by atoms with Crippen molar-refractivity contribution >= 4 is 28.5 Å². The van der Waals surface area contributed by atoms with E-state index < -0.39 is 0 Å². The Bertz CT molecular complexity index is 710. The second kappa shape index (κ2) is 5.28. The highest BCUT2D eigenvalue weighted by Crippen LogP contribution is 2.26. The molecule has 3 rings (SSSR count). The molecule has 3 aromatic rings. The normalized spacial score (nSPS) is 10.6. The lowest BCUT2D eigenvalue weighted by Crippen LogP contribution is -1.90. The van der Waals surface area contributed by atoms with Gasteiger partial charge in [-0.3, -0.25) is 4.98 Å². The number of fused-ring (bicyclic) bond motifs is 1. The number of hydrogen-bond acceptors (Lipinski definition) is 3. The summed E-state index contributed by atoms with van der Waals surface area (Å²) < 4.78 is 16.3. The third kappa shape index (κ3) is 2.69. The molecule has 4 heteroatoms. The Hall–Kier alpha value is -2.07. The molecule has 1 heterocycles. The fourth-order valence-electron chi connectivity index (χ4n) is 1.83. The van der Waals surface area contributed by atoms with Crippen LogP contribution in [0.15, 0.2) is 65.7 Å². The minimum absolute atomic E-state index is 0.233. The number of benzene rings is 2. The molecule has 94 valence electrons. The number of pyridine rings is 1. The topological polar surface area (TPSA) is 24.9 Å². The molecule has 1 aromatic heterocycles. The first-order valence-corrected chi connectivity index (χ1v) is 6.67. The first-order chi connectivity index (χ1) is 9.33. The van der Waals surface area contributed by atoms with Gasteiger partial charge in [0.05, 0.1) is 11.2 Å². The maximum Gasteiger partial charge on any atom is 0.124 e. The smallest absolute Gasteiger partial charge is 0.124 e. The number of aromatic nitrogens is 1. The van der Waals surface area contributed by atoms with Gasteiger partial charge in [0.15, 0.2) is 0 Å². The van der Waals surface area contributed by atoms with Gasteiger partial charge >= 0.3 is 0 Å². The van der Waals surface area contributed by atoms with Gasteiger partial charge in [0.2, 0.25) is 0 Å². The Balaban J connectivity index is 1.86. The van der Waals surface area contributed by atoms with Crippen LogP contribution in [0.2, 0.25) is 0 Å². The van der Waals surface area contributed by atoms with E-state index in [1.165, 1.54) is 24.1 Å². The van der Waals surface area contributed by atoms with Crippen LogP contribution in [0, 0.1) is 5.82 Å². The van der Waals surface area contributed by atoms with Crippen molar-refractivity contribution in [2.45, 2.75) is 4.90 Å². The number of halogens is 1. The number of nitrogens with one attached hydrogen (secondary N) is 1. The molecule has 0 unspecified atom stereocenters. The fraction of sp³-hybridized carbons (Fsp3) is 0. The fourth-order valence-corrected chi connectivity index (χ4v) is 2.54. The maximum atomic E-state index is 13.1. The molecular weight excluding hydrogens is 259 g/mol. The van der Waals surface area contributed by atoms with Gasteiger partial charge in [0, 0.05) is 16.5 Å². The molecule has 1 N–H and O–H groups in total. The predicted molar refractivity (Wildman–Crippen MR) is 77.6 cm³/mol. The Labute approximate surface area is 114 Å². The van der Waals surface area contributed by atoms with E-state index in [9.17, 15) is 4.39 Å². The molecule has 0 fully saturated rings. The molecular formula is C15H11FN2S. The third-order valence-electron chi connectivity index (χ3n) is 2.71. The lowest BCUT2D eigenvalue weighted by Gasteiger charge is -2.08. The standard InChI is InChI=1S/C15H11FN2S/c16-12-6-2-7-13(10-12)19-18-14-8-1-4-11-5-3-9-17-15(11)14/h1-10,18H. The van der Waals surface area contributed by atoms with Crippen molar-refractivity contribution < 1.29 is 4.39 Å². The molecule has 0 amide bonds. The molecule has 0 aliphatic carbocycles. The Morgan fingerprint density at radius 1 is 1.00 bits per heavy atom. The van der Waals surface area contributed by atoms with Gasteiger partial charge in [-0.25, -0.2) is 4.39 Å². The van der Waals surface area contributed by atoms with Crippen molar-refractivity contribution in [3.8, 4) is 0 Å². The summed E-state index contributed by atoms with van der Waals surface area (Å²) in [5, 5.41) is 1.08. The van der Waals surface area contributed by atoms with Crippen molar-refractivity contribution in [2.75, 3.05) is 4.72 Å². The van der Waals surface area contributed by atoms with Crippen molar-refractivity contribution in [3.05, 3.63) is 66.6 Å².